The minimum absolute atomic E-state index is 0.602. The van der Waals surface area contributed by atoms with E-state index in [9.17, 15) is 0 Å². The van der Waals surface area contributed by atoms with E-state index in [4.69, 9.17) is 5.73 Å². The van der Waals surface area contributed by atoms with Crippen molar-refractivity contribution >= 4 is 47.8 Å². The average Bonchev–Trinajstić information content (AvgIpc) is 2.77. The second-order valence-corrected chi connectivity index (χ2v) is 6.52. The Morgan fingerprint density at radius 1 is 1.00 bits per heavy atom. The fourth-order valence-corrected chi connectivity index (χ4v) is 4.16. The summed E-state index contributed by atoms with van der Waals surface area (Å²) in [6.45, 7) is 4.48. The van der Waals surface area contributed by atoms with Crippen LogP contribution in [0.25, 0.3) is 20.2 Å². The first-order valence-corrected chi connectivity index (χ1v) is 7.00. The number of anilines is 1. The molecule has 0 amide bonds. The summed E-state index contributed by atoms with van der Waals surface area (Å²) in [6, 6.07) is 8.74. The van der Waals surface area contributed by atoms with Crippen LogP contribution in [0.15, 0.2) is 24.3 Å². The molecule has 0 aliphatic carbocycles. The van der Waals surface area contributed by atoms with Crippen LogP contribution in [0.2, 0.25) is 0 Å². The first-order chi connectivity index (χ1) is 7.65. The average molecular weight is 247 g/mol. The summed E-state index contributed by atoms with van der Waals surface area (Å²) in [5.74, 6) is 0.602. The van der Waals surface area contributed by atoms with Gasteiger partial charge in [-0.2, -0.15) is 0 Å². The third-order valence-corrected chi connectivity index (χ3v) is 5.37. The predicted molar refractivity (Wildman–Crippen MR) is 75.7 cm³/mol. The van der Waals surface area contributed by atoms with E-state index in [0.29, 0.717) is 5.92 Å². The molecule has 1 aromatic carbocycles. The molecule has 82 valence electrons. The number of benzene rings is 1. The zero-order valence-corrected chi connectivity index (χ0v) is 10.9. The number of nitrogens with two attached hydrogens (primary N) is 1. The monoisotopic (exact) mass is 247 g/mol. The highest BCUT2D eigenvalue weighted by Gasteiger charge is 2.09. The highest BCUT2D eigenvalue weighted by molar-refractivity contribution is 7.29. The van der Waals surface area contributed by atoms with E-state index < -0.39 is 0 Å². The van der Waals surface area contributed by atoms with Crippen molar-refractivity contribution in [3.05, 3.63) is 29.1 Å². The number of hydrogen-bond donors (Lipinski definition) is 1. The largest absolute Gasteiger partial charge is 0.391 e. The van der Waals surface area contributed by atoms with Crippen LogP contribution >= 0.6 is 22.7 Å². The Kier molecular flexibility index (Phi) is 2.19. The highest BCUT2D eigenvalue weighted by atomic mass is 32.1. The van der Waals surface area contributed by atoms with Gasteiger partial charge in [0.15, 0.2) is 0 Å². The van der Waals surface area contributed by atoms with Gasteiger partial charge in [-0.3, -0.25) is 0 Å². The van der Waals surface area contributed by atoms with Gasteiger partial charge in [0.2, 0.25) is 0 Å². The zero-order chi connectivity index (χ0) is 11.3. The third kappa shape index (κ3) is 1.43. The summed E-state index contributed by atoms with van der Waals surface area (Å²) in [5, 5.41) is 3.53. The topological polar surface area (TPSA) is 26.0 Å². The SMILES string of the molecule is CC(C)c1cc2ccc3cc(N)sc3c2s1. The fraction of sp³-hybridized carbons (Fsp3) is 0.231. The lowest BCUT2D eigenvalue weighted by Crippen LogP contribution is -1.77. The first kappa shape index (κ1) is 10.1. The zero-order valence-electron chi connectivity index (χ0n) is 9.28. The number of nitrogen functional groups attached to an aromatic ring is 1. The molecule has 0 aliphatic rings. The molecule has 0 unspecified atom stereocenters. The number of rotatable bonds is 1. The third-order valence-electron chi connectivity index (χ3n) is 2.78. The van der Waals surface area contributed by atoms with Gasteiger partial charge in [0.25, 0.3) is 0 Å². The van der Waals surface area contributed by atoms with Gasteiger partial charge in [0.1, 0.15) is 0 Å². The Morgan fingerprint density at radius 3 is 2.31 bits per heavy atom. The standard InChI is InChI=1S/C13H13NS2/c1-7(2)10-5-8-3-4-9-6-11(14)16-13(9)12(8)15-10/h3-7H,14H2,1-2H3. The summed E-state index contributed by atoms with van der Waals surface area (Å²) in [4.78, 5) is 1.45. The van der Waals surface area contributed by atoms with Gasteiger partial charge in [-0.1, -0.05) is 26.0 Å². The number of fused-ring (bicyclic) bond motifs is 3. The van der Waals surface area contributed by atoms with Crippen LogP contribution in [0.5, 0.6) is 0 Å². The molecule has 2 N–H and O–H groups in total. The molecule has 0 spiro atoms. The van der Waals surface area contributed by atoms with Crippen molar-refractivity contribution in [3.8, 4) is 0 Å². The lowest BCUT2D eigenvalue weighted by molar-refractivity contribution is 0.890. The highest BCUT2D eigenvalue weighted by Crippen LogP contribution is 2.39. The molecular weight excluding hydrogens is 234 g/mol. The minimum Gasteiger partial charge on any atom is -0.391 e. The summed E-state index contributed by atoms with van der Waals surface area (Å²) >= 11 is 3.60. The quantitative estimate of drug-likeness (QED) is 0.655. The molecule has 3 heteroatoms. The van der Waals surface area contributed by atoms with E-state index in [0.717, 1.165) is 5.00 Å². The summed E-state index contributed by atoms with van der Waals surface area (Å²) in [5.41, 5.74) is 5.87. The second-order valence-electron chi connectivity index (χ2n) is 4.35. The molecule has 0 fully saturated rings. The molecule has 0 saturated carbocycles. The van der Waals surface area contributed by atoms with E-state index >= 15 is 0 Å². The maximum Gasteiger partial charge on any atom is 0.0869 e. The van der Waals surface area contributed by atoms with Gasteiger partial charge in [-0.05, 0) is 28.8 Å². The van der Waals surface area contributed by atoms with Gasteiger partial charge >= 0.3 is 0 Å². The van der Waals surface area contributed by atoms with E-state index in [-0.39, 0.29) is 0 Å². The molecule has 3 aromatic rings. The summed E-state index contributed by atoms with van der Waals surface area (Å²) in [6.07, 6.45) is 0. The van der Waals surface area contributed by atoms with Crippen molar-refractivity contribution in [3.63, 3.8) is 0 Å². The van der Waals surface area contributed by atoms with Crippen LogP contribution in [0.3, 0.4) is 0 Å². The molecule has 1 nitrogen and oxygen atoms in total. The fourth-order valence-electron chi connectivity index (χ4n) is 1.92. The van der Waals surface area contributed by atoms with Crippen molar-refractivity contribution in [2.75, 3.05) is 5.73 Å². The Hall–Kier alpha value is -1.06. The number of thiophene rings is 2. The van der Waals surface area contributed by atoms with Crippen LogP contribution in [-0.4, -0.2) is 0 Å². The maximum absolute atomic E-state index is 5.87. The van der Waals surface area contributed by atoms with Crippen LogP contribution in [0.1, 0.15) is 24.6 Å². The van der Waals surface area contributed by atoms with E-state index in [1.165, 1.54) is 25.0 Å². The molecule has 0 atom stereocenters. The Morgan fingerprint density at radius 2 is 1.62 bits per heavy atom. The molecule has 2 heterocycles. The van der Waals surface area contributed by atoms with Gasteiger partial charge in [-0.25, -0.2) is 0 Å². The van der Waals surface area contributed by atoms with Crippen molar-refractivity contribution < 1.29 is 0 Å². The molecule has 0 radical (unpaired) electrons. The van der Waals surface area contributed by atoms with Crippen molar-refractivity contribution in [2.24, 2.45) is 0 Å². The van der Waals surface area contributed by atoms with Gasteiger partial charge < -0.3 is 5.73 Å². The molecule has 3 rings (SSSR count). The Bertz CT molecular complexity index is 661. The smallest absolute Gasteiger partial charge is 0.0869 e. The normalized spacial score (nSPS) is 11.9. The molecule has 2 aromatic heterocycles. The van der Waals surface area contributed by atoms with Crippen molar-refractivity contribution in [1.82, 2.24) is 0 Å². The molecule has 0 bridgehead atoms. The van der Waals surface area contributed by atoms with Crippen LogP contribution in [-0.2, 0) is 0 Å². The minimum atomic E-state index is 0.602. The van der Waals surface area contributed by atoms with Crippen molar-refractivity contribution in [2.45, 2.75) is 19.8 Å². The molecule has 0 saturated heterocycles. The lowest BCUT2D eigenvalue weighted by atomic mass is 10.1. The van der Waals surface area contributed by atoms with E-state index in [1.807, 2.05) is 11.3 Å². The van der Waals surface area contributed by atoms with E-state index in [1.54, 1.807) is 11.3 Å². The second kappa shape index (κ2) is 3.47. The maximum atomic E-state index is 5.87. The first-order valence-electron chi connectivity index (χ1n) is 5.36. The van der Waals surface area contributed by atoms with Gasteiger partial charge in [0, 0.05) is 4.88 Å². The van der Waals surface area contributed by atoms with Crippen LogP contribution in [0.4, 0.5) is 5.00 Å². The van der Waals surface area contributed by atoms with Gasteiger partial charge in [-0.15, -0.1) is 22.7 Å². The molecule has 16 heavy (non-hydrogen) atoms. The van der Waals surface area contributed by atoms with Crippen LogP contribution < -0.4 is 5.73 Å². The summed E-state index contributed by atoms with van der Waals surface area (Å²) < 4.78 is 2.73. The molecular formula is C13H13NS2. The van der Waals surface area contributed by atoms with Crippen molar-refractivity contribution in [1.29, 1.82) is 0 Å². The van der Waals surface area contributed by atoms with Crippen LogP contribution in [0, 0.1) is 0 Å². The predicted octanol–water partition coefficient (Wildman–Crippen LogP) is 4.82. The summed E-state index contributed by atoms with van der Waals surface area (Å²) in [7, 11) is 0. The Labute approximate surface area is 103 Å². The molecule has 0 aliphatic heterocycles. The Balaban J connectivity index is 2.40. The number of hydrogen-bond acceptors (Lipinski definition) is 3. The van der Waals surface area contributed by atoms with E-state index in [2.05, 4.69) is 38.1 Å². The lowest BCUT2D eigenvalue weighted by Gasteiger charge is -1.96. The van der Waals surface area contributed by atoms with Gasteiger partial charge in [0.05, 0.1) is 14.4 Å².